The van der Waals surface area contributed by atoms with Crippen LogP contribution in [0.5, 0.6) is 0 Å². The maximum Gasteiger partial charge on any atom is 0.205 e. The molecule has 2 rings (SSSR count). The monoisotopic (exact) mass is 275 g/mol. The van der Waals surface area contributed by atoms with Crippen LogP contribution in [-0.2, 0) is 0 Å². The number of hydrogen-bond donors (Lipinski definition) is 0. The Kier molecular flexibility index (Phi) is 3.38. The number of nitrogens with zero attached hydrogens (tertiary/aromatic N) is 3. The SMILES string of the molecule is Cc1nsc(N2CCCCC2CBr)n1. The molecule has 14 heavy (non-hydrogen) atoms. The van der Waals surface area contributed by atoms with Crippen LogP contribution in [0.15, 0.2) is 0 Å². The number of rotatable bonds is 2. The lowest BCUT2D eigenvalue weighted by molar-refractivity contribution is 0.490. The molecule has 5 heteroatoms. The molecule has 0 bridgehead atoms. The van der Waals surface area contributed by atoms with Crippen molar-refractivity contribution >= 4 is 32.6 Å². The van der Waals surface area contributed by atoms with Crippen LogP contribution in [0.25, 0.3) is 0 Å². The van der Waals surface area contributed by atoms with E-state index in [0.29, 0.717) is 6.04 Å². The van der Waals surface area contributed by atoms with E-state index in [2.05, 4.69) is 30.2 Å². The van der Waals surface area contributed by atoms with Crippen molar-refractivity contribution in [3.63, 3.8) is 0 Å². The highest BCUT2D eigenvalue weighted by Crippen LogP contribution is 2.26. The lowest BCUT2D eigenvalue weighted by Crippen LogP contribution is -2.40. The first-order valence-corrected chi connectivity index (χ1v) is 6.83. The molecule has 0 radical (unpaired) electrons. The van der Waals surface area contributed by atoms with E-state index >= 15 is 0 Å². The molecule has 78 valence electrons. The molecular weight excluding hydrogens is 262 g/mol. The van der Waals surface area contributed by atoms with Crippen LogP contribution in [-0.4, -0.2) is 27.3 Å². The average Bonchev–Trinajstić information content (AvgIpc) is 2.65. The largest absolute Gasteiger partial charge is 0.343 e. The third-order valence-corrected chi connectivity index (χ3v) is 4.16. The van der Waals surface area contributed by atoms with Gasteiger partial charge >= 0.3 is 0 Å². The van der Waals surface area contributed by atoms with Gasteiger partial charge in [0, 0.05) is 29.4 Å². The fourth-order valence-corrected chi connectivity index (χ4v) is 3.26. The highest BCUT2D eigenvalue weighted by molar-refractivity contribution is 9.09. The van der Waals surface area contributed by atoms with Gasteiger partial charge in [-0.25, -0.2) is 4.98 Å². The summed E-state index contributed by atoms with van der Waals surface area (Å²) in [5.74, 6) is 0.892. The quantitative estimate of drug-likeness (QED) is 0.777. The molecule has 0 aliphatic carbocycles. The minimum absolute atomic E-state index is 0.607. The molecule has 0 spiro atoms. The van der Waals surface area contributed by atoms with Gasteiger partial charge in [-0.05, 0) is 26.2 Å². The van der Waals surface area contributed by atoms with Gasteiger partial charge in [0.2, 0.25) is 5.13 Å². The Morgan fingerprint density at radius 1 is 1.57 bits per heavy atom. The second kappa shape index (κ2) is 4.57. The van der Waals surface area contributed by atoms with Crippen LogP contribution in [0.4, 0.5) is 5.13 Å². The molecule has 1 aliphatic heterocycles. The van der Waals surface area contributed by atoms with Crippen LogP contribution in [0.2, 0.25) is 0 Å². The normalized spacial score (nSPS) is 22.7. The van der Waals surface area contributed by atoms with Gasteiger partial charge in [0.25, 0.3) is 0 Å². The third kappa shape index (κ3) is 2.08. The Labute approximate surface area is 96.8 Å². The molecule has 1 atom stereocenters. The predicted molar refractivity (Wildman–Crippen MR) is 63.4 cm³/mol. The number of aromatic nitrogens is 2. The minimum atomic E-state index is 0.607. The Hall–Kier alpha value is -0.160. The van der Waals surface area contributed by atoms with Gasteiger partial charge in [-0.2, -0.15) is 4.37 Å². The fourth-order valence-electron chi connectivity index (χ4n) is 1.82. The second-order valence-corrected chi connectivity index (χ2v) is 5.00. The zero-order valence-corrected chi connectivity index (χ0v) is 10.6. The van der Waals surface area contributed by atoms with E-state index in [-0.39, 0.29) is 0 Å². The summed E-state index contributed by atoms with van der Waals surface area (Å²) < 4.78 is 4.23. The molecule has 3 nitrogen and oxygen atoms in total. The number of aryl methyl sites for hydroxylation is 1. The van der Waals surface area contributed by atoms with Crippen molar-refractivity contribution in [2.45, 2.75) is 32.2 Å². The van der Waals surface area contributed by atoms with E-state index in [4.69, 9.17) is 0 Å². The Bertz CT molecular complexity index is 302. The van der Waals surface area contributed by atoms with Crippen LogP contribution in [0, 0.1) is 6.92 Å². The van der Waals surface area contributed by atoms with Gasteiger partial charge < -0.3 is 4.90 Å². The van der Waals surface area contributed by atoms with Gasteiger partial charge in [0.15, 0.2) is 0 Å². The molecule has 0 amide bonds. The highest BCUT2D eigenvalue weighted by atomic mass is 79.9. The average molecular weight is 276 g/mol. The number of alkyl halides is 1. The van der Waals surface area contributed by atoms with Crippen LogP contribution >= 0.6 is 27.5 Å². The zero-order valence-electron chi connectivity index (χ0n) is 8.24. The smallest absolute Gasteiger partial charge is 0.205 e. The lowest BCUT2D eigenvalue weighted by Gasteiger charge is -2.34. The molecule has 0 aromatic carbocycles. The van der Waals surface area contributed by atoms with Crippen molar-refractivity contribution in [3.8, 4) is 0 Å². The Balaban J connectivity index is 2.14. The molecule has 2 heterocycles. The summed E-state index contributed by atoms with van der Waals surface area (Å²) in [6, 6.07) is 0.607. The van der Waals surface area contributed by atoms with Gasteiger partial charge in [0.05, 0.1) is 0 Å². The number of halogens is 1. The van der Waals surface area contributed by atoms with Crippen molar-refractivity contribution in [2.24, 2.45) is 0 Å². The van der Waals surface area contributed by atoms with E-state index < -0.39 is 0 Å². The van der Waals surface area contributed by atoms with E-state index in [1.54, 1.807) is 0 Å². The van der Waals surface area contributed by atoms with E-state index in [0.717, 1.165) is 22.8 Å². The molecule has 0 N–H and O–H groups in total. The van der Waals surface area contributed by atoms with E-state index in [9.17, 15) is 0 Å². The molecule has 1 fully saturated rings. The summed E-state index contributed by atoms with van der Waals surface area (Å²) in [5, 5.41) is 2.12. The highest BCUT2D eigenvalue weighted by Gasteiger charge is 2.23. The van der Waals surface area contributed by atoms with Gasteiger partial charge in [-0.1, -0.05) is 15.9 Å². The van der Waals surface area contributed by atoms with Crippen molar-refractivity contribution in [3.05, 3.63) is 5.82 Å². The molecule has 1 aliphatic rings. The zero-order chi connectivity index (χ0) is 9.97. The molecule has 1 unspecified atom stereocenters. The van der Waals surface area contributed by atoms with Crippen LogP contribution in [0.3, 0.4) is 0 Å². The first-order chi connectivity index (χ1) is 6.81. The van der Waals surface area contributed by atoms with Gasteiger partial charge in [-0.15, -0.1) is 0 Å². The van der Waals surface area contributed by atoms with E-state index in [1.165, 1.54) is 30.8 Å². The lowest BCUT2D eigenvalue weighted by atomic mass is 10.0. The van der Waals surface area contributed by atoms with Gasteiger partial charge in [-0.3, -0.25) is 0 Å². The molecule has 0 saturated carbocycles. The second-order valence-electron chi connectivity index (χ2n) is 3.62. The molecular formula is C9H14BrN3S. The fraction of sp³-hybridized carbons (Fsp3) is 0.778. The maximum atomic E-state index is 4.45. The molecule has 1 aromatic rings. The standard InChI is InChI=1S/C9H14BrN3S/c1-7-11-9(14-12-7)13-5-3-2-4-8(13)6-10/h8H,2-6H2,1H3. The predicted octanol–water partition coefficient (Wildman–Crippen LogP) is 2.60. The van der Waals surface area contributed by atoms with E-state index in [1.807, 2.05) is 6.92 Å². The third-order valence-electron chi connectivity index (χ3n) is 2.57. The number of anilines is 1. The van der Waals surface area contributed by atoms with Crippen molar-refractivity contribution in [1.29, 1.82) is 0 Å². The summed E-state index contributed by atoms with van der Waals surface area (Å²) in [5.41, 5.74) is 0. The topological polar surface area (TPSA) is 29.0 Å². The Morgan fingerprint density at radius 3 is 3.07 bits per heavy atom. The summed E-state index contributed by atoms with van der Waals surface area (Å²) >= 11 is 5.09. The van der Waals surface area contributed by atoms with Crippen LogP contribution < -0.4 is 4.90 Å². The first kappa shape index (κ1) is 10.4. The van der Waals surface area contributed by atoms with Crippen molar-refractivity contribution in [2.75, 3.05) is 16.8 Å². The maximum absolute atomic E-state index is 4.45. The van der Waals surface area contributed by atoms with Crippen LogP contribution in [0.1, 0.15) is 25.1 Å². The van der Waals surface area contributed by atoms with Crippen molar-refractivity contribution in [1.82, 2.24) is 9.36 Å². The molecule has 1 saturated heterocycles. The van der Waals surface area contributed by atoms with Gasteiger partial charge in [0.1, 0.15) is 5.82 Å². The minimum Gasteiger partial charge on any atom is -0.343 e. The molecule has 1 aromatic heterocycles. The summed E-state index contributed by atoms with van der Waals surface area (Å²) in [6.07, 6.45) is 3.89. The number of piperidine rings is 1. The number of hydrogen-bond acceptors (Lipinski definition) is 4. The Morgan fingerprint density at radius 2 is 2.43 bits per heavy atom. The first-order valence-electron chi connectivity index (χ1n) is 4.94. The summed E-state index contributed by atoms with van der Waals surface area (Å²) in [4.78, 5) is 6.84. The summed E-state index contributed by atoms with van der Waals surface area (Å²) in [7, 11) is 0. The van der Waals surface area contributed by atoms with Crippen molar-refractivity contribution < 1.29 is 0 Å². The summed E-state index contributed by atoms with van der Waals surface area (Å²) in [6.45, 7) is 3.08.